The first kappa shape index (κ1) is 21.4. The largest absolute Gasteiger partial charge is 0.506 e. The first-order valence-electron chi connectivity index (χ1n) is 11.2. The molecular formula is C23H25FN4O5. The van der Waals surface area contributed by atoms with Crippen molar-refractivity contribution in [2.75, 3.05) is 0 Å². The number of hydrogen-bond acceptors (Lipinski definition) is 6. The first-order valence-corrected chi connectivity index (χ1v) is 11.2. The summed E-state index contributed by atoms with van der Waals surface area (Å²) >= 11 is 0. The topological polar surface area (TPSA) is 119 Å². The van der Waals surface area contributed by atoms with Crippen molar-refractivity contribution >= 4 is 17.3 Å². The molecule has 2 N–H and O–H groups in total. The van der Waals surface area contributed by atoms with Crippen LogP contribution in [0.3, 0.4) is 0 Å². The highest BCUT2D eigenvalue weighted by Crippen LogP contribution is 2.54. The Kier molecular flexibility index (Phi) is 5.10. The Balaban J connectivity index is 1.51. The van der Waals surface area contributed by atoms with Crippen LogP contribution in [0.15, 0.2) is 29.1 Å². The van der Waals surface area contributed by atoms with Gasteiger partial charge in [0.25, 0.3) is 5.56 Å². The van der Waals surface area contributed by atoms with E-state index in [9.17, 15) is 14.0 Å². The average Bonchev–Trinajstić information content (AvgIpc) is 3.22. The lowest BCUT2D eigenvalue weighted by atomic mass is 9.58. The van der Waals surface area contributed by atoms with Gasteiger partial charge in [-0.15, -0.1) is 0 Å². The summed E-state index contributed by atoms with van der Waals surface area (Å²) < 4.78 is 26.1. The molecule has 3 aliphatic carbocycles. The zero-order valence-electron chi connectivity index (χ0n) is 18.3. The van der Waals surface area contributed by atoms with E-state index in [2.05, 4.69) is 15.0 Å². The van der Waals surface area contributed by atoms with Crippen LogP contribution < -0.4 is 10.3 Å². The zero-order chi connectivity index (χ0) is 23.2. The van der Waals surface area contributed by atoms with Crippen molar-refractivity contribution in [3.8, 4) is 11.8 Å². The van der Waals surface area contributed by atoms with Gasteiger partial charge in [0.05, 0.1) is 0 Å². The molecule has 9 nitrogen and oxygen atoms in total. The minimum absolute atomic E-state index is 0.0664. The maximum Gasteiger partial charge on any atom is 0.506 e. The number of aromatic amines is 1. The molecule has 2 bridgehead atoms. The molecule has 3 fully saturated rings. The number of carbonyl (C=O) groups is 1. The van der Waals surface area contributed by atoms with Gasteiger partial charge in [-0.25, -0.2) is 14.2 Å². The third-order valence-electron chi connectivity index (χ3n) is 7.01. The Morgan fingerprint density at radius 2 is 1.94 bits per heavy atom. The third kappa shape index (κ3) is 3.73. The van der Waals surface area contributed by atoms with Crippen LogP contribution in [0.1, 0.15) is 57.7 Å². The van der Waals surface area contributed by atoms with Crippen molar-refractivity contribution in [2.24, 2.45) is 0 Å². The first-order chi connectivity index (χ1) is 15.8. The van der Waals surface area contributed by atoms with Gasteiger partial charge in [0, 0.05) is 18.0 Å². The van der Waals surface area contributed by atoms with Crippen molar-refractivity contribution < 1.29 is 23.8 Å². The normalized spacial score (nSPS) is 24.2. The van der Waals surface area contributed by atoms with Crippen molar-refractivity contribution in [3.63, 3.8) is 0 Å². The fraction of sp³-hybridized carbons (Fsp3) is 0.478. The Morgan fingerprint density at radius 3 is 2.58 bits per heavy atom. The monoisotopic (exact) mass is 456 g/mol. The molecule has 3 aliphatic rings. The number of hydrogen-bond donors (Lipinski definition) is 2. The molecule has 0 unspecified atom stereocenters. The van der Waals surface area contributed by atoms with E-state index in [0.29, 0.717) is 43.6 Å². The lowest BCUT2D eigenvalue weighted by Gasteiger charge is -2.51. The van der Waals surface area contributed by atoms with E-state index in [1.165, 1.54) is 22.8 Å². The van der Waals surface area contributed by atoms with E-state index in [1.807, 2.05) is 6.92 Å². The zero-order valence-corrected chi connectivity index (χ0v) is 18.3. The number of ether oxygens (including phenoxy) is 2. The molecule has 0 spiro atoms. The minimum atomic E-state index is -1.24. The number of imidazole rings is 1. The van der Waals surface area contributed by atoms with Gasteiger partial charge in [0.2, 0.25) is 0 Å². The van der Waals surface area contributed by atoms with Crippen LogP contribution in [-0.4, -0.2) is 36.4 Å². The van der Waals surface area contributed by atoms with E-state index in [1.54, 1.807) is 6.07 Å². The number of fused-ring (bicyclic) bond motifs is 4. The summed E-state index contributed by atoms with van der Waals surface area (Å²) in [5.74, 6) is 0.489. The molecule has 0 radical (unpaired) electrons. The van der Waals surface area contributed by atoms with Crippen LogP contribution in [0, 0.1) is 5.82 Å². The van der Waals surface area contributed by atoms with Gasteiger partial charge >= 0.3 is 12.2 Å². The highest BCUT2D eigenvalue weighted by atomic mass is 19.1. The van der Waals surface area contributed by atoms with Gasteiger partial charge in [0.1, 0.15) is 23.0 Å². The van der Waals surface area contributed by atoms with Crippen molar-refractivity contribution in [2.45, 2.75) is 69.4 Å². The SMILES string of the molecule is CCCn1c(Oc2cccc(F)c2)nc2nc(C34CCC(OC(=O)O)(CC3)CC4)[nH]c2c1=O. The molecule has 1 aromatic carbocycles. The van der Waals surface area contributed by atoms with E-state index in [-0.39, 0.29) is 28.4 Å². The minimum Gasteiger partial charge on any atom is -0.450 e. The standard InChI is InChI=1S/C23H25FN4O5/c1-2-12-28-18(29)16-17(27-20(28)32-15-5-3-4-14(24)13-15)26-19(25-16)22-6-9-23(10-7-22,11-8-22)33-21(30)31/h3-5,13H,2,6-12H2,1H3,(H,25,26)(H,30,31). The Hall–Kier alpha value is -3.43. The number of H-pyrrole nitrogens is 1. The number of aromatic nitrogens is 4. The van der Waals surface area contributed by atoms with Crippen LogP contribution in [0.5, 0.6) is 11.8 Å². The Morgan fingerprint density at radius 1 is 1.21 bits per heavy atom. The molecule has 3 saturated carbocycles. The highest BCUT2D eigenvalue weighted by Gasteiger charge is 2.53. The van der Waals surface area contributed by atoms with Crippen molar-refractivity contribution in [1.29, 1.82) is 0 Å². The number of carboxylic acid groups (broad SMARTS) is 1. The summed E-state index contributed by atoms with van der Waals surface area (Å²) in [6, 6.07) is 5.73. The summed E-state index contributed by atoms with van der Waals surface area (Å²) in [6.45, 7) is 2.33. The van der Waals surface area contributed by atoms with Crippen LogP contribution in [-0.2, 0) is 16.7 Å². The Labute approximate surface area is 188 Å². The summed E-state index contributed by atoms with van der Waals surface area (Å²) in [5, 5.41) is 9.08. The predicted molar refractivity (Wildman–Crippen MR) is 116 cm³/mol. The maximum atomic E-state index is 13.6. The van der Waals surface area contributed by atoms with Crippen molar-refractivity contribution in [3.05, 3.63) is 46.3 Å². The quantitative estimate of drug-likeness (QED) is 0.524. The number of benzene rings is 1. The summed E-state index contributed by atoms with van der Waals surface area (Å²) in [7, 11) is 0. The highest BCUT2D eigenvalue weighted by molar-refractivity contribution is 5.70. The van der Waals surface area contributed by atoms with E-state index in [0.717, 1.165) is 19.3 Å². The molecule has 2 aromatic heterocycles. The predicted octanol–water partition coefficient (Wildman–Crippen LogP) is 4.50. The lowest BCUT2D eigenvalue weighted by molar-refractivity contribution is -0.0915. The third-order valence-corrected chi connectivity index (χ3v) is 7.01. The van der Waals surface area contributed by atoms with Crippen LogP contribution in [0.2, 0.25) is 0 Å². The van der Waals surface area contributed by atoms with Gasteiger partial charge in [-0.05, 0) is 57.1 Å². The molecule has 2 heterocycles. The van der Waals surface area contributed by atoms with Gasteiger partial charge in [-0.1, -0.05) is 13.0 Å². The molecule has 10 heteroatoms. The van der Waals surface area contributed by atoms with Crippen molar-refractivity contribution in [1.82, 2.24) is 19.5 Å². The summed E-state index contributed by atoms with van der Waals surface area (Å²) in [6.07, 6.45) is 3.47. The second-order valence-electron chi connectivity index (χ2n) is 9.03. The second kappa shape index (κ2) is 7.86. The molecule has 3 aromatic rings. The van der Waals surface area contributed by atoms with Gasteiger partial charge in [-0.3, -0.25) is 9.36 Å². The van der Waals surface area contributed by atoms with Gasteiger partial charge in [0.15, 0.2) is 11.2 Å². The molecule has 0 atom stereocenters. The van der Waals surface area contributed by atoms with E-state index < -0.39 is 17.6 Å². The fourth-order valence-corrected chi connectivity index (χ4v) is 5.20. The number of nitrogens with zero attached hydrogens (tertiary/aromatic N) is 3. The van der Waals surface area contributed by atoms with E-state index >= 15 is 0 Å². The lowest BCUT2D eigenvalue weighted by Crippen LogP contribution is -2.50. The number of nitrogens with one attached hydrogen (secondary N) is 1. The fourth-order valence-electron chi connectivity index (χ4n) is 5.20. The molecule has 0 aliphatic heterocycles. The van der Waals surface area contributed by atoms with E-state index in [4.69, 9.17) is 14.6 Å². The summed E-state index contributed by atoms with van der Waals surface area (Å²) in [5.41, 5.74) is -0.609. The molecule has 33 heavy (non-hydrogen) atoms. The number of rotatable bonds is 6. The molecular weight excluding hydrogens is 431 g/mol. The Bertz CT molecular complexity index is 1260. The molecule has 0 amide bonds. The average molecular weight is 456 g/mol. The molecule has 174 valence electrons. The number of halogens is 1. The maximum absolute atomic E-state index is 13.6. The molecule has 0 saturated heterocycles. The molecule has 6 rings (SSSR count). The van der Waals surface area contributed by atoms with Crippen LogP contribution in [0.4, 0.5) is 9.18 Å². The smallest absolute Gasteiger partial charge is 0.450 e. The van der Waals surface area contributed by atoms with Crippen LogP contribution in [0.25, 0.3) is 11.2 Å². The van der Waals surface area contributed by atoms with Gasteiger partial charge < -0.3 is 19.6 Å². The second-order valence-corrected chi connectivity index (χ2v) is 9.03. The van der Waals surface area contributed by atoms with Gasteiger partial charge in [-0.2, -0.15) is 4.98 Å². The van der Waals surface area contributed by atoms with Crippen LogP contribution >= 0.6 is 0 Å². The summed E-state index contributed by atoms with van der Waals surface area (Å²) in [4.78, 5) is 36.8.